The maximum Gasteiger partial charge on any atom is 0.255 e. The van der Waals surface area contributed by atoms with Crippen LogP contribution in [-0.2, 0) is 6.42 Å². The Kier molecular flexibility index (Phi) is 4.92. The molecule has 26 heavy (non-hydrogen) atoms. The van der Waals surface area contributed by atoms with E-state index >= 15 is 0 Å². The van der Waals surface area contributed by atoms with Gasteiger partial charge in [0, 0.05) is 37.8 Å². The minimum Gasteiger partial charge on any atom is -0.357 e. The molecule has 0 spiro atoms. The molecule has 1 fully saturated rings. The van der Waals surface area contributed by atoms with E-state index in [-0.39, 0.29) is 5.91 Å². The van der Waals surface area contributed by atoms with Gasteiger partial charge in [0.25, 0.3) is 5.91 Å². The number of nitrogens with zero attached hydrogens (tertiary/aromatic N) is 4. The molecule has 0 aromatic carbocycles. The number of thiophene rings is 1. The first-order valence-electron chi connectivity index (χ1n) is 8.72. The summed E-state index contributed by atoms with van der Waals surface area (Å²) in [5, 5.41) is 11.9. The van der Waals surface area contributed by atoms with Crippen LogP contribution in [0.2, 0.25) is 0 Å². The van der Waals surface area contributed by atoms with Gasteiger partial charge in [0.15, 0.2) is 0 Å². The van der Waals surface area contributed by atoms with Gasteiger partial charge in [0.05, 0.1) is 22.3 Å². The van der Waals surface area contributed by atoms with Gasteiger partial charge in [-0.05, 0) is 24.3 Å². The molecule has 4 heterocycles. The summed E-state index contributed by atoms with van der Waals surface area (Å²) < 4.78 is 0. The molecule has 2 N–H and O–H groups in total. The molecular weight excluding hydrogens is 348 g/mol. The van der Waals surface area contributed by atoms with Gasteiger partial charge in [-0.3, -0.25) is 9.89 Å². The van der Waals surface area contributed by atoms with Crippen molar-refractivity contribution in [2.75, 3.05) is 24.5 Å². The Morgan fingerprint density at radius 3 is 3.00 bits per heavy atom. The second-order valence-electron chi connectivity index (χ2n) is 6.20. The normalized spacial score (nSPS) is 13.9. The van der Waals surface area contributed by atoms with Crippen molar-refractivity contribution in [1.29, 1.82) is 0 Å². The molecule has 0 aliphatic carbocycles. The van der Waals surface area contributed by atoms with E-state index in [9.17, 15) is 4.79 Å². The minimum atomic E-state index is -0.129. The molecule has 8 heteroatoms. The van der Waals surface area contributed by atoms with Crippen molar-refractivity contribution in [3.05, 3.63) is 47.4 Å². The Hall–Kier alpha value is -2.74. The van der Waals surface area contributed by atoms with E-state index in [4.69, 9.17) is 0 Å². The van der Waals surface area contributed by atoms with Gasteiger partial charge in [-0.2, -0.15) is 5.10 Å². The quantitative estimate of drug-likeness (QED) is 0.698. The number of carbonyl (C=O) groups excluding carboxylic acids is 1. The molecule has 1 aliphatic rings. The Labute approximate surface area is 155 Å². The molecule has 0 atom stereocenters. The van der Waals surface area contributed by atoms with E-state index in [2.05, 4.69) is 30.4 Å². The topological polar surface area (TPSA) is 86.8 Å². The van der Waals surface area contributed by atoms with Gasteiger partial charge in [0.1, 0.15) is 12.1 Å². The van der Waals surface area contributed by atoms with Gasteiger partial charge in [-0.1, -0.05) is 6.07 Å². The molecule has 1 aliphatic heterocycles. The Balaban J connectivity index is 1.36. The van der Waals surface area contributed by atoms with Gasteiger partial charge in [-0.15, -0.1) is 11.3 Å². The van der Waals surface area contributed by atoms with Crippen LogP contribution < -0.4 is 10.2 Å². The molecule has 0 radical (unpaired) electrons. The molecule has 0 bridgehead atoms. The lowest BCUT2D eigenvalue weighted by Crippen LogP contribution is -2.26. The van der Waals surface area contributed by atoms with Gasteiger partial charge in [0.2, 0.25) is 0 Å². The van der Waals surface area contributed by atoms with Crippen molar-refractivity contribution in [3.63, 3.8) is 0 Å². The third kappa shape index (κ3) is 3.60. The van der Waals surface area contributed by atoms with E-state index in [1.54, 1.807) is 23.9 Å². The van der Waals surface area contributed by atoms with Crippen LogP contribution in [0.3, 0.4) is 0 Å². The highest BCUT2D eigenvalue weighted by Crippen LogP contribution is 2.25. The standard InChI is InChI=1S/C18H20N6OS/c25-18(14-11-22-23-17(14)15-4-3-9-26-15)19-6-5-13-10-16(21-12-20-13)24-7-1-2-8-24/h3-4,9-12H,1-2,5-8H2,(H,19,25)(H,22,23). The first kappa shape index (κ1) is 16.7. The molecule has 134 valence electrons. The average Bonchev–Trinajstić information content (AvgIpc) is 3.43. The van der Waals surface area contributed by atoms with Crippen LogP contribution in [0, 0.1) is 0 Å². The van der Waals surface area contributed by atoms with Crippen LogP contribution in [0.1, 0.15) is 28.9 Å². The number of hydrogen-bond acceptors (Lipinski definition) is 6. The SMILES string of the molecule is O=C(NCCc1cc(N2CCCC2)ncn1)c1cn[nH]c1-c1cccs1. The number of carbonyl (C=O) groups is 1. The van der Waals surface area contributed by atoms with Crippen LogP contribution in [-0.4, -0.2) is 45.7 Å². The van der Waals surface area contributed by atoms with Gasteiger partial charge >= 0.3 is 0 Å². The Bertz CT molecular complexity index is 869. The highest BCUT2D eigenvalue weighted by atomic mass is 32.1. The van der Waals surface area contributed by atoms with Crippen molar-refractivity contribution in [1.82, 2.24) is 25.5 Å². The summed E-state index contributed by atoms with van der Waals surface area (Å²) in [6.07, 6.45) is 6.27. The van der Waals surface area contributed by atoms with Crippen molar-refractivity contribution in [2.24, 2.45) is 0 Å². The van der Waals surface area contributed by atoms with E-state index in [0.717, 1.165) is 35.2 Å². The van der Waals surface area contributed by atoms with Gasteiger partial charge < -0.3 is 10.2 Å². The predicted molar refractivity (Wildman–Crippen MR) is 101 cm³/mol. The highest BCUT2D eigenvalue weighted by molar-refractivity contribution is 7.13. The van der Waals surface area contributed by atoms with E-state index in [0.29, 0.717) is 18.5 Å². The van der Waals surface area contributed by atoms with Crippen molar-refractivity contribution < 1.29 is 4.79 Å². The molecule has 3 aromatic heterocycles. The molecule has 0 saturated carbocycles. The average molecular weight is 368 g/mol. The zero-order valence-electron chi connectivity index (χ0n) is 14.3. The van der Waals surface area contributed by atoms with Crippen LogP contribution in [0.15, 0.2) is 36.1 Å². The van der Waals surface area contributed by atoms with Crippen molar-refractivity contribution >= 4 is 23.1 Å². The van der Waals surface area contributed by atoms with Crippen LogP contribution in [0.4, 0.5) is 5.82 Å². The number of aromatic nitrogens is 4. The number of anilines is 1. The lowest BCUT2D eigenvalue weighted by atomic mass is 10.2. The summed E-state index contributed by atoms with van der Waals surface area (Å²) in [4.78, 5) is 24.4. The number of aromatic amines is 1. The van der Waals surface area contributed by atoms with Crippen LogP contribution in [0.5, 0.6) is 0 Å². The van der Waals surface area contributed by atoms with E-state index < -0.39 is 0 Å². The predicted octanol–water partition coefficient (Wildman–Crippen LogP) is 2.50. The largest absolute Gasteiger partial charge is 0.357 e. The summed E-state index contributed by atoms with van der Waals surface area (Å²) in [5.41, 5.74) is 2.26. The zero-order valence-corrected chi connectivity index (χ0v) is 15.1. The first-order chi connectivity index (χ1) is 12.8. The molecule has 7 nitrogen and oxygen atoms in total. The molecule has 0 unspecified atom stereocenters. The summed E-state index contributed by atoms with van der Waals surface area (Å²) in [6.45, 7) is 2.63. The number of amides is 1. The first-order valence-corrected chi connectivity index (χ1v) is 9.60. The number of nitrogens with one attached hydrogen (secondary N) is 2. The van der Waals surface area contributed by atoms with E-state index in [1.165, 1.54) is 12.8 Å². The third-order valence-electron chi connectivity index (χ3n) is 4.46. The Morgan fingerprint density at radius 2 is 2.19 bits per heavy atom. The Morgan fingerprint density at radius 1 is 1.31 bits per heavy atom. The summed E-state index contributed by atoms with van der Waals surface area (Å²) >= 11 is 1.57. The fourth-order valence-electron chi connectivity index (χ4n) is 3.11. The fourth-order valence-corrected chi connectivity index (χ4v) is 3.84. The molecule has 4 rings (SSSR count). The van der Waals surface area contributed by atoms with E-state index in [1.807, 2.05) is 23.6 Å². The lowest BCUT2D eigenvalue weighted by molar-refractivity contribution is 0.0955. The maximum absolute atomic E-state index is 12.5. The molecule has 1 amide bonds. The van der Waals surface area contributed by atoms with Crippen molar-refractivity contribution in [2.45, 2.75) is 19.3 Å². The fraction of sp³-hybridized carbons (Fsp3) is 0.333. The molecule has 1 saturated heterocycles. The van der Waals surface area contributed by atoms with Crippen LogP contribution >= 0.6 is 11.3 Å². The maximum atomic E-state index is 12.5. The smallest absolute Gasteiger partial charge is 0.255 e. The third-order valence-corrected chi connectivity index (χ3v) is 5.34. The molecule has 3 aromatic rings. The zero-order chi connectivity index (χ0) is 17.8. The van der Waals surface area contributed by atoms with Crippen LogP contribution in [0.25, 0.3) is 10.6 Å². The van der Waals surface area contributed by atoms with Gasteiger partial charge in [-0.25, -0.2) is 9.97 Å². The minimum absolute atomic E-state index is 0.129. The lowest BCUT2D eigenvalue weighted by Gasteiger charge is -2.16. The summed E-state index contributed by atoms with van der Waals surface area (Å²) in [6, 6.07) is 5.94. The second-order valence-corrected chi connectivity index (χ2v) is 7.15. The summed E-state index contributed by atoms with van der Waals surface area (Å²) in [7, 11) is 0. The summed E-state index contributed by atoms with van der Waals surface area (Å²) in [5.74, 6) is 0.851. The number of rotatable bonds is 6. The second kappa shape index (κ2) is 7.65. The molecular formula is C18H20N6OS. The number of H-pyrrole nitrogens is 1. The highest BCUT2D eigenvalue weighted by Gasteiger charge is 2.16. The number of hydrogen-bond donors (Lipinski definition) is 2. The van der Waals surface area contributed by atoms with Crippen molar-refractivity contribution in [3.8, 4) is 10.6 Å². The monoisotopic (exact) mass is 368 g/mol.